The van der Waals surface area contributed by atoms with Crippen molar-refractivity contribution in [3.8, 4) is 0 Å². The Morgan fingerprint density at radius 1 is 1.30 bits per heavy atom. The first kappa shape index (κ1) is 14.1. The molecule has 4 nitrogen and oxygen atoms in total. The van der Waals surface area contributed by atoms with Crippen LogP contribution in [0.2, 0.25) is 0 Å². The molecule has 3 fully saturated rings. The number of piperidine rings is 1. The largest absolute Gasteiger partial charge is 0.368 e. The van der Waals surface area contributed by atoms with Crippen molar-refractivity contribution in [2.75, 3.05) is 32.8 Å². The maximum atomic E-state index is 12.6. The van der Waals surface area contributed by atoms with Gasteiger partial charge in [0.1, 0.15) is 6.10 Å². The van der Waals surface area contributed by atoms with E-state index in [9.17, 15) is 4.79 Å². The van der Waals surface area contributed by atoms with Crippen LogP contribution in [0.15, 0.2) is 12.7 Å². The van der Waals surface area contributed by atoms with Crippen molar-refractivity contribution in [3.63, 3.8) is 0 Å². The average Bonchev–Trinajstić information content (AvgIpc) is 3.10. The molecule has 0 aliphatic carbocycles. The summed E-state index contributed by atoms with van der Waals surface area (Å²) >= 11 is 0. The number of hydrogen-bond donors (Lipinski definition) is 0. The molecule has 0 N–H and O–H groups in total. The lowest BCUT2D eigenvalue weighted by atomic mass is 9.86. The minimum atomic E-state index is -0.167. The van der Waals surface area contributed by atoms with Crippen LogP contribution >= 0.6 is 0 Å². The Kier molecular flexibility index (Phi) is 4.13. The fourth-order valence-electron chi connectivity index (χ4n) is 4.17. The molecule has 4 heteroatoms. The second-order valence-corrected chi connectivity index (χ2v) is 6.43. The van der Waals surface area contributed by atoms with E-state index in [2.05, 4.69) is 16.4 Å². The lowest BCUT2D eigenvalue weighted by Crippen LogP contribution is -2.58. The van der Waals surface area contributed by atoms with Crippen LogP contribution in [0.25, 0.3) is 0 Å². The van der Waals surface area contributed by atoms with E-state index in [1.165, 1.54) is 19.3 Å². The van der Waals surface area contributed by atoms with Crippen LogP contribution in [0.4, 0.5) is 0 Å². The Labute approximate surface area is 121 Å². The third-order valence-electron chi connectivity index (χ3n) is 5.16. The van der Waals surface area contributed by atoms with E-state index >= 15 is 0 Å². The normalized spacial score (nSPS) is 34.8. The van der Waals surface area contributed by atoms with Crippen molar-refractivity contribution in [2.24, 2.45) is 0 Å². The zero-order valence-electron chi connectivity index (χ0n) is 12.4. The highest BCUT2D eigenvalue weighted by Crippen LogP contribution is 2.37. The lowest BCUT2D eigenvalue weighted by molar-refractivity contribution is -0.144. The minimum absolute atomic E-state index is 0.167. The van der Waals surface area contributed by atoms with E-state index in [0.717, 1.165) is 52.0 Å². The van der Waals surface area contributed by atoms with Crippen LogP contribution < -0.4 is 0 Å². The molecule has 0 aromatic rings. The molecule has 112 valence electrons. The van der Waals surface area contributed by atoms with E-state index in [-0.39, 0.29) is 17.6 Å². The molecule has 3 rings (SSSR count). The predicted molar refractivity (Wildman–Crippen MR) is 78.5 cm³/mol. The number of hydrogen-bond acceptors (Lipinski definition) is 3. The number of ether oxygens (including phenoxy) is 1. The van der Waals surface area contributed by atoms with Gasteiger partial charge in [0, 0.05) is 31.8 Å². The first-order chi connectivity index (χ1) is 9.75. The monoisotopic (exact) mass is 278 g/mol. The van der Waals surface area contributed by atoms with Gasteiger partial charge in [0.2, 0.25) is 0 Å². The number of likely N-dealkylation sites (tertiary alicyclic amines) is 2. The fraction of sp³-hybridized carbons (Fsp3) is 0.812. The summed E-state index contributed by atoms with van der Waals surface area (Å²) in [6.07, 6.45) is 8.55. The van der Waals surface area contributed by atoms with Gasteiger partial charge in [0.25, 0.3) is 5.91 Å². The first-order valence-corrected chi connectivity index (χ1v) is 8.01. The van der Waals surface area contributed by atoms with Crippen molar-refractivity contribution in [3.05, 3.63) is 12.7 Å². The van der Waals surface area contributed by atoms with Crippen molar-refractivity contribution in [1.82, 2.24) is 9.80 Å². The molecule has 0 saturated carbocycles. The van der Waals surface area contributed by atoms with Gasteiger partial charge >= 0.3 is 0 Å². The maximum absolute atomic E-state index is 12.6. The highest BCUT2D eigenvalue weighted by Gasteiger charge is 2.45. The molecule has 0 bridgehead atoms. The molecule has 0 radical (unpaired) electrons. The Balaban J connectivity index is 1.69. The number of carbonyl (C=O) groups is 1. The number of nitrogens with zero attached hydrogens (tertiary/aromatic N) is 2. The van der Waals surface area contributed by atoms with E-state index in [1.807, 2.05) is 6.08 Å². The van der Waals surface area contributed by atoms with Crippen molar-refractivity contribution in [1.29, 1.82) is 0 Å². The van der Waals surface area contributed by atoms with E-state index < -0.39 is 0 Å². The summed E-state index contributed by atoms with van der Waals surface area (Å²) in [6.45, 7) is 8.51. The third-order valence-corrected chi connectivity index (χ3v) is 5.16. The van der Waals surface area contributed by atoms with Gasteiger partial charge in [-0.15, -0.1) is 6.58 Å². The molecule has 20 heavy (non-hydrogen) atoms. The fourth-order valence-corrected chi connectivity index (χ4v) is 4.17. The van der Waals surface area contributed by atoms with Gasteiger partial charge in [-0.25, -0.2) is 0 Å². The van der Waals surface area contributed by atoms with Gasteiger partial charge in [0.05, 0.1) is 0 Å². The predicted octanol–water partition coefficient (Wildman–Crippen LogP) is 1.81. The Morgan fingerprint density at radius 3 is 2.80 bits per heavy atom. The van der Waals surface area contributed by atoms with Crippen LogP contribution in [-0.2, 0) is 9.53 Å². The van der Waals surface area contributed by atoms with Gasteiger partial charge in [0.15, 0.2) is 0 Å². The van der Waals surface area contributed by atoms with Crippen molar-refractivity contribution in [2.45, 2.75) is 50.2 Å². The molecule has 3 aliphatic heterocycles. The van der Waals surface area contributed by atoms with Crippen LogP contribution in [0.5, 0.6) is 0 Å². The van der Waals surface area contributed by atoms with Crippen molar-refractivity contribution < 1.29 is 9.53 Å². The zero-order chi connectivity index (χ0) is 14.0. The highest BCUT2D eigenvalue weighted by atomic mass is 16.5. The van der Waals surface area contributed by atoms with E-state index in [4.69, 9.17) is 4.74 Å². The Hall–Kier alpha value is -0.870. The van der Waals surface area contributed by atoms with Crippen LogP contribution in [-0.4, -0.2) is 60.1 Å². The summed E-state index contributed by atoms with van der Waals surface area (Å²) in [4.78, 5) is 17.2. The van der Waals surface area contributed by atoms with Gasteiger partial charge < -0.3 is 9.64 Å². The Bertz CT molecular complexity index is 379. The summed E-state index contributed by atoms with van der Waals surface area (Å²) in [5.74, 6) is 0.229. The molecule has 1 spiro atoms. The third kappa shape index (κ3) is 2.51. The smallest absolute Gasteiger partial charge is 0.251 e. The van der Waals surface area contributed by atoms with E-state index in [0.29, 0.717) is 0 Å². The van der Waals surface area contributed by atoms with Crippen LogP contribution in [0.1, 0.15) is 38.5 Å². The second-order valence-electron chi connectivity index (χ2n) is 6.43. The lowest BCUT2D eigenvalue weighted by Gasteiger charge is -2.46. The molecule has 2 atom stereocenters. The number of rotatable bonds is 3. The molecule has 0 unspecified atom stereocenters. The van der Waals surface area contributed by atoms with E-state index in [1.54, 1.807) is 0 Å². The molecule has 3 saturated heterocycles. The van der Waals surface area contributed by atoms with Gasteiger partial charge in [-0.3, -0.25) is 9.69 Å². The molecule has 0 aromatic carbocycles. The topological polar surface area (TPSA) is 32.8 Å². The molecular formula is C16H26N2O2. The summed E-state index contributed by atoms with van der Waals surface area (Å²) in [5, 5.41) is 0. The van der Waals surface area contributed by atoms with Crippen LogP contribution in [0.3, 0.4) is 0 Å². The van der Waals surface area contributed by atoms with Crippen molar-refractivity contribution >= 4 is 5.91 Å². The summed E-state index contributed by atoms with van der Waals surface area (Å²) in [7, 11) is 0. The number of carbonyl (C=O) groups excluding carboxylic acids is 1. The summed E-state index contributed by atoms with van der Waals surface area (Å²) in [6, 6.07) is 0. The minimum Gasteiger partial charge on any atom is -0.368 e. The maximum Gasteiger partial charge on any atom is 0.251 e. The SMILES string of the molecule is C=CCN1CCC[C@]12CCCN(C(=O)[C@H]1CCCO1)C2. The Morgan fingerprint density at radius 2 is 2.10 bits per heavy atom. The zero-order valence-corrected chi connectivity index (χ0v) is 12.4. The molecular weight excluding hydrogens is 252 g/mol. The molecule has 3 aliphatic rings. The molecule has 0 aromatic heterocycles. The van der Waals surface area contributed by atoms with Gasteiger partial charge in [-0.05, 0) is 45.1 Å². The van der Waals surface area contributed by atoms with Gasteiger partial charge in [-0.2, -0.15) is 0 Å². The second kappa shape index (κ2) is 5.86. The molecule has 1 amide bonds. The summed E-state index contributed by atoms with van der Waals surface area (Å²) < 4.78 is 5.57. The average molecular weight is 278 g/mol. The quantitative estimate of drug-likeness (QED) is 0.738. The summed E-state index contributed by atoms with van der Waals surface area (Å²) in [5.41, 5.74) is 0.209. The van der Waals surface area contributed by atoms with Crippen LogP contribution in [0, 0.1) is 0 Å². The van der Waals surface area contributed by atoms with Gasteiger partial charge in [-0.1, -0.05) is 6.08 Å². The standard InChI is InChI=1S/C16H26N2O2/c1-2-9-18-11-5-8-16(18)7-4-10-17(13-16)15(19)14-6-3-12-20-14/h2,14H,1,3-13H2/t14-,16+/m1/s1. The highest BCUT2D eigenvalue weighted by molar-refractivity contribution is 5.81. The molecule has 3 heterocycles. The number of amides is 1. The first-order valence-electron chi connectivity index (χ1n) is 8.01.